The molecule has 1 N–H and O–H groups in total. The molecule has 0 aromatic carbocycles. The maximum atomic E-state index is 12.5. The summed E-state index contributed by atoms with van der Waals surface area (Å²) < 4.78 is 37.4. The van der Waals surface area contributed by atoms with Crippen molar-refractivity contribution in [3.8, 4) is 0 Å². The van der Waals surface area contributed by atoms with Crippen LogP contribution < -0.4 is 5.32 Å². The van der Waals surface area contributed by atoms with Crippen LogP contribution in [0.15, 0.2) is 6.20 Å². The number of nitrogens with one attached hydrogen (secondary N) is 1. The van der Waals surface area contributed by atoms with Crippen LogP contribution in [0.4, 0.5) is 13.2 Å². The quantitative estimate of drug-likeness (QED) is 0.886. The molecule has 17 heavy (non-hydrogen) atoms. The Balaban J connectivity index is 2.18. The maximum absolute atomic E-state index is 12.5. The topological polar surface area (TPSA) is 24.9 Å². The van der Waals surface area contributed by atoms with E-state index in [0.29, 0.717) is 5.92 Å². The van der Waals surface area contributed by atoms with Gasteiger partial charge in [0, 0.05) is 17.0 Å². The number of hydrogen-bond donors (Lipinski definition) is 1. The lowest BCUT2D eigenvalue weighted by molar-refractivity contribution is -0.137. The monoisotopic (exact) mass is 264 g/mol. The fourth-order valence-electron chi connectivity index (χ4n) is 2.32. The molecule has 2 heterocycles. The second-order valence-electron chi connectivity index (χ2n) is 4.33. The van der Waals surface area contributed by atoms with Crippen LogP contribution in [0, 0.1) is 5.92 Å². The van der Waals surface area contributed by atoms with E-state index in [-0.39, 0.29) is 5.92 Å². The van der Waals surface area contributed by atoms with Gasteiger partial charge in [0.15, 0.2) is 5.01 Å². The Bertz CT molecular complexity index is 375. The standard InChI is InChI=1S/C11H15F3N2S/c1-2-7-5-15-4-3-8(7)9-6-16-10(17-9)11(12,13)14/h6-8,15H,2-5H2,1H3. The van der Waals surface area contributed by atoms with E-state index in [0.717, 1.165) is 42.1 Å². The Kier molecular flexibility index (Phi) is 3.73. The molecule has 2 atom stereocenters. The summed E-state index contributed by atoms with van der Waals surface area (Å²) in [4.78, 5) is 4.29. The molecule has 2 nitrogen and oxygen atoms in total. The number of rotatable bonds is 2. The fourth-order valence-corrected chi connectivity index (χ4v) is 3.33. The Labute approximate surface area is 102 Å². The first-order valence-electron chi connectivity index (χ1n) is 5.76. The van der Waals surface area contributed by atoms with E-state index in [4.69, 9.17) is 0 Å². The number of aromatic nitrogens is 1. The molecule has 1 aromatic heterocycles. The summed E-state index contributed by atoms with van der Waals surface area (Å²) in [7, 11) is 0. The molecule has 2 unspecified atom stereocenters. The number of alkyl halides is 3. The van der Waals surface area contributed by atoms with Crippen LogP contribution in [0.1, 0.15) is 35.6 Å². The van der Waals surface area contributed by atoms with Crippen LogP contribution in [0.25, 0.3) is 0 Å². The van der Waals surface area contributed by atoms with E-state index in [2.05, 4.69) is 17.2 Å². The van der Waals surface area contributed by atoms with Crippen molar-refractivity contribution in [2.45, 2.75) is 31.9 Å². The molecule has 0 amide bonds. The van der Waals surface area contributed by atoms with Gasteiger partial charge < -0.3 is 5.32 Å². The summed E-state index contributed by atoms with van der Waals surface area (Å²) in [5, 5.41) is 2.56. The molecule has 0 bridgehead atoms. The largest absolute Gasteiger partial charge is 0.443 e. The highest BCUT2D eigenvalue weighted by Crippen LogP contribution is 2.39. The Morgan fingerprint density at radius 2 is 2.29 bits per heavy atom. The van der Waals surface area contributed by atoms with Crippen molar-refractivity contribution in [3.05, 3.63) is 16.1 Å². The Morgan fingerprint density at radius 1 is 1.53 bits per heavy atom. The average molecular weight is 264 g/mol. The zero-order valence-electron chi connectivity index (χ0n) is 9.55. The first-order chi connectivity index (χ1) is 8.02. The molecule has 0 spiro atoms. The van der Waals surface area contributed by atoms with Gasteiger partial charge in [-0.1, -0.05) is 13.3 Å². The number of piperidine rings is 1. The van der Waals surface area contributed by atoms with Gasteiger partial charge in [0.1, 0.15) is 0 Å². The molecule has 1 aliphatic rings. The summed E-state index contributed by atoms with van der Waals surface area (Å²) in [6.07, 6.45) is -1.02. The van der Waals surface area contributed by atoms with Crippen molar-refractivity contribution >= 4 is 11.3 Å². The molecule has 0 aliphatic carbocycles. The normalized spacial score (nSPS) is 26.1. The van der Waals surface area contributed by atoms with Gasteiger partial charge in [0.25, 0.3) is 0 Å². The number of halogens is 3. The van der Waals surface area contributed by atoms with Crippen molar-refractivity contribution in [1.29, 1.82) is 0 Å². The predicted octanol–water partition coefficient (Wildman–Crippen LogP) is 3.27. The molecule has 2 rings (SSSR count). The summed E-state index contributed by atoms with van der Waals surface area (Å²) >= 11 is 0.802. The highest BCUT2D eigenvalue weighted by atomic mass is 32.1. The van der Waals surface area contributed by atoms with Crippen LogP contribution in [0.2, 0.25) is 0 Å². The number of nitrogens with zero attached hydrogens (tertiary/aromatic N) is 1. The summed E-state index contributed by atoms with van der Waals surface area (Å²) in [6.45, 7) is 3.84. The van der Waals surface area contributed by atoms with Gasteiger partial charge >= 0.3 is 6.18 Å². The fraction of sp³-hybridized carbons (Fsp3) is 0.727. The number of thiazole rings is 1. The second kappa shape index (κ2) is 4.94. The van der Waals surface area contributed by atoms with E-state index in [1.165, 1.54) is 6.20 Å². The maximum Gasteiger partial charge on any atom is 0.443 e. The first kappa shape index (κ1) is 12.8. The molecular weight excluding hydrogens is 249 g/mol. The molecule has 6 heteroatoms. The van der Waals surface area contributed by atoms with Crippen molar-refractivity contribution in [2.24, 2.45) is 5.92 Å². The van der Waals surface area contributed by atoms with Gasteiger partial charge in [-0.2, -0.15) is 13.2 Å². The third-order valence-electron chi connectivity index (χ3n) is 3.26. The van der Waals surface area contributed by atoms with E-state index in [1.54, 1.807) is 0 Å². The molecule has 96 valence electrons. The lowest BCUT2D eigenvalue weighted by Crippen LogP contribution is -2.34. The minimum atomic E-state index is -4.31. The van der Waals surface area contributed by atoms with E-state index in [9.17, 15) is 13.2 Å². The molecule has 1 fully saturated rings. The highest BCUT2D eigenvalue weighted by Gasteiger charge is 2.36. The molecule has 0 radical (unpaired) electrons. The van der Waals surface area contributed by atoms with Crippen LogP contribution in [-0.2, 0) is 6.18 Å². The van der Waals surface area contributed by atoms with E-state index in [1.807, 2.05) is 0 Å². The third-order valence-corrected chi connectivity index (χ3v) is 4.44. The molecule has 1 aliphatic heterocycles. The predicted molar refractivity (Wildman–Crippen MR) is 61.1 cm³/mol. The zero-order chi connectivity index (χ0) is 12.5. The number of hydrogen-bond acceptors (Lipinski definition) is 3. The van der Waals surface area contributed by atoms with Gasteiger partial charge in [0.2, 0.25) is 0 Å². The van der Waals surface area contributed by atoms with Crippen LogP contribution in [0.5, 0.6) is 0 Å². The SMILES string of the molecule is CCC1CNCCC1c1cnc(C(F)(F)F)s1. The van der Waals surface area contributed by atoms with Crippen LogP contribution in [0.3, 0.4) is 0 Å². The molecular formula is C11H15F3N2S. The van der Waals surface area contributed by atoms with E-state index >= 15 is 0 Å². The highest BCUT2D eigenvalue weighted by molar-refractivity contribution is 7.11. The van der Waals surface area contributed by atoms with Crippen molar-refractivity contribution in [2.75, 3.05) is 13.1 Å². The van der Waals surface area contributed by atoms with Crippen LogP contribution >= 0.6 is 11.3 Å². The van der Waals surface area contributed by atoms with E-state index < -0.39 is 11.2 Å². The summed E-state index contributed by atoms with van der Waals surface area (Å²) in [5.74, 6) is 0.653. The van der Waals surface area contributed by atoms with Crippen molar-refractivity contribution in [1.82, 2.24) is 10.3 Å². The summed E-state index contributed by atoms with van der Waals surface area (Å²) in [6, 6.07) is 0. The lowest BCUT2D eigenvalue weighted by Gasteiger charge is -2.30. The van der Waals surface area contributed by atoms with Gasteiger partial charge in [-0.25, -0.2) is 4.98 Å². The average Bonchev–Trinajstić information content (AvgIpc) is 2.77. The van der Waals surface area contributed by atoms with Gasteiger partial charge in [-0.3, -0.25) is 0 Å². The Hall–Kier alpha value is -0.620. The summed E-state index contributed by atoms with van der Waals surface area (Å²) in [5.41, 5.74) is 0. The molecule has 1 saturated heterocycles. The minimum absolute atomic E-state index is 0.231. The lowest BCUT2D eigenvalue weighted by atomic mass is 9.84. The van der Waals surface area contributed by atoms with Gasteiger partial charge in [0.05, 0.1) is 0 Å². The smallest absolute Gasteiger partial charge is 0.316 e. The second-order valence-corrected chi connectivity index (χ2v) is 5.40. The third kappa shape index (κ3) is 2.80. The Morgan fingerprint density at radius 3 is 2.88 bits per heavy atom. The molecule has 0 saturated carbocycles. The van der Waals surface area contributed by atoms with Crippen LogP contribution in [-0.4, -0.2) is 18.1 Å². The molecule has 1 aromatic rings. The first-order valence-corrected chi connectivity index (χ1v) is 6.57. The minimum Gasteiger partial charge on any atom is -0.316 e. The van der Waals surface area contributed by atoms with Gasteiger partial charge in [-0.15, -0.1) is 11.3 Å². The van der Waals surface area contributed by atoms with Gasteiger partial charge in [-0.05, 0) is 25.4 Å². The van der Waals surface area contributed by atoms with Crippen molar-refractivity contribution in [3.63, 3.8) is 0 Å². The van der Waals surface area contributed by atoms with Crippen molar-refractivity contribution < 1.29 is 13.2 Å². The zero-order valence-corrected chi connectivity index (χ0v) is 10.4.